The summed E-state index contributed by atoms with van der Waals surface area (Å²) < 4.78 is 10.2. The first-order chi connectivity index (χ1) is 8.08. The van der Waals surface area contributed by atoms with Crippen LogP contribution in [0.1, 0.15) is 6.92 Å². The molecule has 0 aliphatic carbocycles. The Balaban J connectivity index is 2.56. The highest BCUT2D eigenvalue weighted by Gasteiger charge is 2.13. The predicted molar refractivity (Wildman–Crippen MR) is 69.2 cm³/mol. The molecule has 1 rings (SSSR count). The molecule has 94 valence electrons. The molecule has 3 N–H and O–H groups in total. The van der Waals surface area contributed by atoms with E-state index in [0.29, 0.717) is 16.2 Å². The number of carbonyl (C=O) groups is 1. The number of aromatic nitrogens is 2. The standard InChI is InChI=1S/C8H11BrN4O3S/c1-3-16-8(14)11-7(17)10-5-4(9)6(15-2)13-12-5/h3H2,1-2H3,(H3,10,11,12,13,14,17). The Morgan fingerprint density at radius 3 is 2.88 bits per heavy atom. The maximum absolute atomic E-state index is 11.1. The van der Waals surface area contributed by atoms with Crippen molar-refractivity contribution in [2.75, 3.05) is 19.0 Å². The number of rotatable bonds is 3. The predicted octanol–water partition coefficient (Wildman–Crippen LogP) is 1.62. The van der Waals surface area contributed by atoms with Gasteiger partial charge in [-0.25, -0.2) is 4.79 Å². The van der Waals surface area contributed by atoms with Crippen LogP contribution in [0, 0.1) is 0 Å². The Kier molecular flexibility index (Phi) is 5.16. The van der Waals surface area contributed by atoms with Gasteiger partial charge in [0.1, 0.15) is 10.3 Å². The fraction of sp³-hybridized carbons (Fsp3) is 0.375. The van der Waals surface area contributed by atoms with E-state index < -0.39 is 6.09 Å². The number of hydrogen-bond donors (Lipinski definition) is 3. The summed E-state index contributed by atoms with van der Waals surface area (Å²) >= 11 is 8.15. The van der Waals surface area contributed by atoms with Crippen LogP contribution in [0.2, 0.25) is 0 Å². The smallest absolute Gasteiger partial charge is 0.413 e. The van der Waals surface area contributed by atoms with Crippen LogP contribution in [0.3, 0.4) is 0 Å². The zero-order valence-electron chi connectivity index (χ0n) is 9.17. The summed E-state index contributed by atoms with van der Waals surface area (Å²) in [5, 5.41) is 11.6. The number of carbonyl (C=O) groups excluding carboxylic acids is 1. The number of ether oxygens (including phenoxy) is 2. The average molecular weight is 323 g/mol. The van der Waals surface area contributed by atoms with Gasteiger partial charge >= 0.3 is 6.09 Å². The molecule has 17 heavy (non-hydrogen) atoms. The van der Waals surface area contributed by atoms with E-state index in [9.17, 15) is 4.79 Å². The third kappa shape index (κ3) is 3.86. The lowest BCUT2D eigenvalue weighted by atomic mass is 10.6. The van der Waals surface area contributed by atoms with E-state index >= 15 is 0 Å². The van der Waals surface area contributed by atoms with Gasteiger partial charge in [0.2, 0.25) is 5.88 Å². The molecule has 0 radical (unpaired) electrons. The lowest BCUT2D eigenvalue weighted by molar-refractivity contribution is 0.158. The van der Waals surface area contributed by atoms with Crippen molar-refractivity contribution in [2.45, 2.75) is 6.92 Å². The molecular weight excluding hydrogens is 312 g/mol. The van der Waals surface area contributed by atoms with E-state index in [1.54, 1.807) is 6.92 Å². The van der Waals surface area contributed by atoms with Gasteiger partial charge in [0.15, 0.2) is 5.11 Å². The van der Waals surface area contributed by atoms with Crippen LogP contribution in [0.4, 0.5) is 10.6 Å². The number of nitrogens with zero attached hydrogens (tertiary/aromatic N) is 1. The summed E-state index contributed by atoms with van der Waals surface area (Å²) in [6.07, 6.45) is -0.618. The van der Waals surface area contributed by atoms with Crippen LogP contribution in [0.5, 0.6) is 5.88 Å². The fourth-order valence-corrected chi connectivity index (χ4v) is 1.56. The highest BCUT2D eigenvalue weighted by Crippen LogP contribution is 2.29. The van der Waals surface area contributed by atoms with Crippen molar-refractivity contribution >= 4 is 45.2 Å². The lowest BCUT2D eigenvalue weighted by Gasteiger charge is -2.07. The third-order valence-corrected chi connectivity index (χ3v) is 2.54. The molecule has 0 aliphatic rings. The van der Waals surface area contributed by atoms with Gasteiger partial charge in [-0.3, -0.25) is 10.4 Å². The highest BCUT2D eigenvalue weighted by molar-refractivity contribution is 9.10. The van der Waals surface area contributed by atoms with Gasteiger partial charge in [0.25, 0.3) is 0 Å². The molecule has 0 aromatic carbocycles. The number of hydrogen-bond acceptors (Lipinski definition) is 5. The average Bonchev–Trinajstić information content (AvgIpc) is 2.60. The molecule has 1 amide bonds. The first-order valence-corrected chi connectivity index (χ1v) is 5.81. The summed E-state index contributed by atoms with van der Waals surface area (Å²) in [6.45, 7) is 1.97. The molecule has 0 spiro atoms. The second-order valence-corrected chi connectivity index (χ2v) is 3.92. The molecule has 9 heteroatoms. The molecule has 0 atom stereocenters. The van der Waals surface area contributed by atoms with Crippen molar-refractivity contribution in [1.82, 2.24) is 15.5 Å². The molecule has 0 saturated heterocycles. The van der Waals surface area contributed by atoms with Gasteiger partial charge in [0, 0.05) is 0 Å². The minimum Gasteiger partial charge on any atom is -0.479 e. The van der Waals surface area contributed by atoms with E-state index in [4.69, 9.17) is 17.0 Å². The zero-order valence-corrected chi connectivity index (χ0v) is 11.6. The van der Waals surface area contributed by atoms with E-state index in [-0.39, 0.29) is 11.7 Å². The van der Waals surface area contributed by atoms with Crippen molar-refractivity contribution in [2.24, 2.45) is 0 Å². The second-order valence-electron chi connectivity index (χ2n) is 2.72. The van der Waals surface area contributed by atoms with Crippen molar-refractivity contribution in [3.05, 3.63) is 4.47 Å². The normalized spacial score (nSPS) is 9.59. The molecule has 0 fully saturated rings. The van der Waals surface area contributed by atoms with Crippen molar-refractivity contribution in [3.8, 4) is 5.88 Å². The molecule has 7 nitrogen and oxygen atoms in total. The van der Waals surface area contributed by atoms with Gasteiger partial charge in [-0.15, -0.1) is 5.10 Å². The van der Waals surface area contributed by atoms with E-state index in [1.165, 1.54) is 7.11 Å². The minimum atomic E-state index is -0.618. The zero-order chi connectivity index (χ0) is 12.8. The number of thiocarbonyl (C=S) groups is 1. The van der Waals surface area contributed by atoms with Crippen LogP contribution >= 0.6 is 28.1 Å². The number of halogens is 1. The number of anilines is 1. The molecule has 0 bridgehead atoms. The van der Waals surface area contributed by atoms with Crippen LogP contribution in [0.25, 0.3) is 0 Å². The molecular formula is C8H11BrN4O3S. The topological polar surface area (TPSA) is 88.3 Å². The lowest BCUT2D eigenvalue weighted by Crippen LogP contribution is -2.34. The molecule has 0 aliphatic heterocycles. The largest absolute Gasteiger partial charge is 0.479 e. The fourth-order valence-electron chi connectivity index (χ4n) is 0.934. The summed E-state index contributed by atoms with van der Waals surface area (Å²) in [5.41, 5.74) is 0. The Bertz CT molecular complexity index is 423. The molecule has 1 aromatic heterocycles. The Morgan fingerprint density at radius 2 is 2.35 bits per heavy atom. The maximum Gasteiger partial charge on any atom is 0.413 e. The van der Waals surface area contributed by atoms with Crippen LogP contribution in [0.15, 0.2) is 4.47 Å². The van der Waals surface area contributed by atoms with Crippen molar-refractivity contribution in [3.63, 3.8) is 0 Å². The quantitative estimate of drug-likeness (QED) is 0.733. The molecule has 0 saturated carbocycles. The summed E-state index contributed by atoms with van der Waals surface area (Å²) in [5.74, 6) is 0.857. The Hall–Kier alpha value is -1.35. The summed E-state index contributed by atoms with van der Waals surface area (Å²) in [6, 6.07) is 0. The maximum atomic E-state index is 11.1. The number of methoxy groups -OCH3 is 1. The highest BCUT2D eigenvalue weighted by atomic mass is 79.9. The number of amides is 1. The van der Waals surface area contributed by atoms with E-state index in [0.717, 1.165) is 0 Å². The van der Waals surface area contributed by atoms with Crippen molar-refractivity contribution in [1.29, 1.82) is 0 Å². The van der Waals surface area contributed by atoms with Gasteiger partial charge in [0.05, 0.1) is 13.7 Å². The van der Waals surface area contributed by atoms with Gasteiger partial charge < -0.3 is 14.8 Å². The third-order valence-electron chi connectivity index (χ3n) is 1.60. The molecule has 1 heterocycles. The number of H-pyrrole nitrogens is 1. The van der Waals surface area contributed by atoms with Gasteiger partial charge in [-0.1, -0.05) is 0 Å². The van der Waals surface area contributed by atoms with Crippen LogP contribution < -0.4 is 15.4 Å². The first kappa shape index (κ1) is 13.7. The SMILES string of the molecule is CCOC(=O)NC(=S)Nc1[nH]nc(OC)c1Br. The van der Waals surface area contributed by atoms with Gasteiger partial charge in [-0.05, 0) is 35.1 Å². The molecule has 1 aromatic rings. The number of aromatic amines is 1. The molecule has 0 unspecified atom stereocenters. The number of alkyl carbamates (subject to hydrolysis) is 1. The van der Waals surface area contributed by atoms with Gasteiger partial charge in [-0.2, -0.15) is 0 Å². The second kappa shape index (κ2) is 6.40. The van der Waals surface area contributed by atoms with Crippen molar-refractivity contribution < 1.29 is 14.3 Å². The van der Waals surface area contributed by atoms with Crippen LogP contribution in [-0.2, 0) is 4.74 Å². The van der Waals surface area contributed by atoms with E-state index in [2.05, 4.69) is 41.5 Å². The summed E-state index contributed by atoms with van der Waals surface area (Å²) in [7, 11) is 1.49. The monoisotopic (exact) mass is 322 g/mol. The van der Waals surface area contributed by atoms with Crippen LogP contribution in [-0.4, -0.2) is 35.1 Å². The first-order valence-electron chi connectivity index (χ1n) is 4.61. The number of nitrogens with one attached hydrogen (secondary N) is 3. The van der Waals surface area contributed by atoms with E-state index in [1.807, 2.05) is 0 Å². The Labute approximate surface area is 111 Å². The Morgan fingerprint density at radius 1 is 1.65 bits per heavy atom. The minimum absolute atomic E-state index is 0.0930. The summed E-state index contributed by atoms with van der Waals surface area (Å²) in [4.78, 5) is 11.1.